The van der Waals surface area contributed by atoms with Gasteiger partial charge in [-0.15, -0.1) is 11.3 Å². The molecule has 0 bridgehead atoms. The predicted octanol–water partition coefficient (Wildman–Crippen LogP) is 2.13. The van der Waals surface area contributed by atoms with Crippen LogP contribution in [0, 0.1) is 0 Å². The molecular formula is C12H20N4S. The maximum Gasteiger partial charge on any atom is 0.195 e. The highest BCUT2D eigenvalue weighted by Crippen LogP contribution is 2.25. The lowest BCUT2D eigenvalue weighted by Gasteiger charge is -2.24. The second-order valence-electron chi connectivity index (χ2n) is 4.34. The zero-order chi connectivity index (χ0) is 12.4. The molecule has 1 atom stereocenters. The van der Waals surface area contributed by atoms with Crippen LogP contribution in [0.4, 0.5) is 5.82 Å². The molecule has 2 aromatic rings. The molecule has 17 heavy (non-hydrogen) atoms. The highest BCUT2D eigenvalue weighted by atomic mass is 32.1. The van der Waals surface area contributed by atoms with Crippen molar-refractivity contribution in [1.29, 1.82) is 0 Å². The van der Waals surface area contributed by atoms with Gasteiger partial charge in [-0.3, -0.25) is 4.40 Å². The maximum absolute atomic E-state index is 5.70. The van der Waals surface area contributed by atoms with Crippen LogP contribution in [0.2, 0.25) is 0 Å². The largest absolute Gasteiger partial charge is 0.355 e. The van der Waals surface area contributed by atoms with Gasteiger partial charge >= 0.3 is 0 Å². The molecule has 0 radical (unpaired) electrons. The Kier molecular flexibility index (Phi) is 3.69. The third-order valence-electron chi connectivity index (χ3n) is 3.31. The fraction of sp³-hybridized carbons (Fsp3) is 0.583. The van der Waals surface area contributed by atoms with Gasteiger partial charge in [0, 0.05) is 31.1 Å². The number of hydrogen-bond acceptors (Lipinski definition) is 4. The molecule has 0 fully saturated rings. The summed E-state index contributed by atoms with van der Waals surface area (Å²) >= 11 is 1.67. The van der Waals surface area contributed by atoms with E-state index in [9.17, 15) is 0 Å². The van der Waals surface area contributed by atoms with Crippen LogP contribution >= 0.6 is 11.3 Å². The van der Waals surface area contributed by atoms with Gasteiger partial charge in [0.2, 0.25) is 0 Å². The van der Waals surface area contributed by atoms with E-state index in [2.05, 4.69) is 41.8 Å². The van der Waals surface area contributed by atoms with Gasteiger partial charge in [-0.2, -0.15) is 0 Å². The Bertz CT molecular complexity index is 488. The lowest BCUT2D eigenvalue weighted by Crippen LogP contribution is -2.29. The zero-order valence-electron chi connectivity index (χ0n) is 10.7. The van der Waals surface area contributed by atoms with Crippen molar-refractivity contribution in [3.05, 3.63) is 17.3 Å². The van der Waals surface area contributed by atoms with E-state index < -0.39 is 0 Å². The molecule has 0 aliphatic rings. The molecule has 0 aliphatic carbocycles. The van der Waals surface area contributed by atoms with Gasteiger partial charge in [0.25, 0.3) is 0 Å². The van der Waals surface area contributed by atoms with Gasteiger partial charge in [0.05, 0.1) is 5.69 Å². The first-order chi connectivity index (χ1) is 8.19. The topological polar surface area (TPSA) is 46.6 Å². The summed E-state index contributed by atoms with van der Waals surface area (Å²) in [6, 6.07) is 0.496. The molecular weight excluding hydrogens is 232 g/mol. The first-order valence-electron chi connectivity index (χ1n) is 6.06. The smallest absolute Gasteiger partial charge is 0.195 e. The van der Waals surface area contributed by atoms with Crippen LogP contribution in [0.15, 0.2) is 11.6 Å². The number of rotatable bonds is 5. The van der Waals surface area contributed by atoms with E-state index in [0.29, 0.717) is 12.6 Å². The molecule has 94 valence electrons. The molecule has 2 N–H and O–H groups in total. The number of fused-ring (bicyclic) bond motifs is 1. The monoisotopic (exact) mass is 252 g/mol. The number of thiazole rings is 1. The van der Waals surface area contributed by atoms with Gasteiger partial charge in [0.15, 0.2) is 10.8 Å². The molecule has 0 saturated heterocycles. The zero-order valence-corrected chi connectivity index (χ0v) is 11.5. The summed E-state index contributed by atoms with van der Waals surface area (Å²) in [6.07, 6.45) is 4.06. The van der Waals surface area contributed by atoms with Crippen molar-refractivity contribution in [2.24, 2.45) is 5.73 Å². The van der Waals surface area contributed by atoms with E-state index in [4.69, 9.17) is 10.7 Å². The Morgan fingerprint density at radius 1 is 1.59 bits per heavy atom. The average Bonchev–Trinajstić information content (AvgIpc) is 2.90. The fourth-order valence-electron chi connectivity index (χ4n) is 1.96. The second kappa shape index (κ2) is 5.06. The summed E-state index contributed by atoms with van der Waals surface area (Å²) in [5.74, 6) is 1.08. The number of nitrogens with zero attached hydrogens (tertiary/aromatic N) is 3. The first-order valence-corrected chi connectivity index (χ1v) is 6.94. The van der Waals surface area contributed by atoms with Gasteiger partial charge in [-0.1, -0.05) is 6.92 Å². The van der Waals surface area contributed by atoms with Crippen LogP contribution in [0.3, 0.4) is 0 Å². The number of aromatic nitrogens is 2. The molecule has 0 saturated carbocycles. The number of nitrogens with two attached hydrogens (primary N) is 1. The van der Waals surface area contributed by atoms with Crippen LogP contribution in [0.25, 0.3) is 4.96 Å². The molecule has 0 aromatic carbocycles. The van der Waals surface area contributed by atoms with Gasteiger partial charge < -0.3 is 10.6 Å². The van der Waals surface area contributed by atoms with E-state index >= 15 is 0 Å². The minimum absolute atomic E-state index is 0.496. The van der Waals surface area contributed by atoms with Crippen molar-refractivity contribution >= 4 is 22.1 Å². The average molecular weight is 252 g/mol. The Morgan fingerprint density at radius 2 is 2.35 bits per heavy atom. The van der Waals surface area contributed by atoms with Crippen molar-refractivity contribution in [3.8, 4) is 0 Å². The highest BCUT2D eigenvalue weighted by molar-refractivity contribution is 7.15. The summed E-state index contributed by atoms with van der Waals surface area (Å²) in [4.78, 5) is 8.02. The molecule has 0 amide bonds. The summed E-state index contributed by atoms with van der Waals surface area (Å²) in [7, 11) is 2.11. The lowest BCUT2D eigenvalue weighted by atomic mass is 10.2. The molecule has 2 rings (SSSR count). The Balaban J connectivity index is 2.44. The van der Waals surface area contributed by atoms with Crippen molar-refractivity contribution in [2.75, 3.05) is 18.5 Å². The molecule has 4 nitrogen and oxygen atoms in total. The summed E-state index contributed by atoms with van der Waals surface area (Å²) < 4.78 is 2.16. The Morgan fingerprint density at radius 3 is 3.00 bits per heavy atom. The van der Waals surface area contributed by atoms with Crippen LogP contribution in [0.5, 0.6) is 0 Å². The van der Waals surface area contributed by atoms with E-state index in [1.807, 2.05) is 0 Å². The van der Waals surface area contributed by atoms with Crippen LogP contribution < -0.4 is 10.6 Å². The molecule has 2 aromatic heterocycles. The first kappa shape index (κ1) is 12.4. The molecule has 0 spiro atoms. The van der Waals surface area contributed by atoms with E-state index in [1.54, 1.807) is 11.3 Å². The highest BCUT2D eigenvalue weighted by Gasteiger charge is 2.18. The standard InChI is InChI=1S/C12H20N4S/c1-4-9(2)15(3)11-10(5-6-13)16-7-8-17-12(16)14-11/h7-9H,4-6,13H2,1-3H3. The van der Waals surface area contributed by atoms with Crippen molar-refractivity contribution in [2.45, 2.75) is 32.7 Å². The van der Waals surface area contributed by atoms with E-state index in [1.165, 1.54) is 5.69 Å². The summed E-state index contributed by atoms with van der Waals surface area (Å²) in [5, 5.41) is 2.06. The normalized spacial score (nSPS) is 13.2. The Hall–Kier alpha value is -1.07. The Labute approximate surface area is 106 Å². The quantitative estimate of drug-likeness (QED) is 0.886. The van der Waals surface area contributed by atoms with Gasteiger partial charge in [0.1, 0.15) is 0 Å². The molecule has 5 heteroatoms. The van der Waals surface area contributed by atoms with Crippen molar-refractivity contribution in [3.63, 3.8) is 0 Å². The number of hydrogen-bond donors (Lipinski definition) is 1. The molecule has 0 aliphatic heterocycles. The fourth-order valence-corrected chi connectivity index (χ4v) is 2.68. The minimum Gasteiger partial charge on any atom is -0.355 e. The molecule has 2 heterocycles. The third kappa shape index (κ3) is 2.17. The molecule has 1 unspecified atom stereocenters. The summed E-state index contributed by atoms with van der Waals surface area (Å²) in [6.45, 7) is 5.08. The second-order valence-corrected chi connectivity index (χ2v) is 5.22. The minimum atomic E-state index is 0.496. The van der Waals surface area contributed by atoms with E-state index in [-0.39, 0.29) is 0 Å². The van der Waals surface area contributed by atoms with Crippen molar-refractivity contribution in [1.82, 2.24) is 9.38 Å². The summed E-state index contributed by atoms with van der Waals surface area (Å²) in [5.41, 5.74) is 6.93. The van der Waals surface area contributed by atoms with Gasteiger partial charge in [-0.25, -0.2) is 4.98 Å². The number of anilines is 1. The van der Waals surface area contributed by atoms with Crippen LogP contribution in [0.1, 0.15) is 26.0 Å². The van der Waals surface area contributed by atoms with Crippen LogP contribution in [-0.4, -0.2) is 29.0 Å². The lowest BCUT2D eigenvalue weighted by molar-refractivity contribution is 0.654. The SMILES string of the molecule is CCC(C)N(C)c1nc2sccn2c1CCN. The van der Waals surface area contributed by atoms with E-state index in [0.717, 1.165) is 23.6 Å². The number of imidazole rings is 1. The van der Waals surface area contributed by atoms with Crippen LogP contribution in [-0.2, 0) is 6.42 Å². The predicted molar refractivity (Wildman–Crippen MR) is 74.0 cm³/mol. The third-order valence-corrected chi connectivity index (χ3v) is 4.06. The maximum atomic E-state index is 5.70. The van der Waals surface area contributed by atoms with Gasteiger partial charge in [-0.05, 0) is 19.9 Å². The van der Waals surface area contributed by atoms with Crippen molar-refractivity contribution < 1.29 is 0 Å².